The largest absolute Gasteiger partial charge is 0.416 e. The summed E-state index contributed by atoms with van der Waals surface area (Å²) in [4.78, 5) is 16.3. The summed E-state index contributed by atoms with van der Waals surface area (Å²) < 4.78 is 86.7. The number of alkyl halides is 5. The Labute approximate surface area is 193 Å². The fourth-order valence-electron chi connectivity index (χ4n) is 3.19. The second-order valence-corrected chi connectivity index (χ2v) is 7.57. The third-order valence-electron chi connectivity index (χ3n) is 4.85. The maximum atomic E-state index is 13.5. The highest BCUT2D eigenvalue weighted by atomic mass is 19.4. The fourth-order valence-corrected chi connectivity index (χ4v) is 3.19. The summed E-state index contributed by atoms with van der Waals surface area (Å²) in [5, 5.41) is 9.91. The Hall–Kier alpha value is -4.16. The molecule has 13 heteroatoms. The molecule has 0 atom stereocenters. The van der Waals surface area contributed by atoms with Crippen molar-refractivity contribution in [3.05, 3.63) is 83.3 Å². The summed E-state index contributed by atoms with van der Waals surface area (Å²) >= 11 is 0. The number of halogens is 6. The minimum Gasteiger partial charge on any atom is -0.328 e. The first-order valence-electron chi connectivity index (χ1n) is 9.92. The Morgan fingerprint density at radius 2 is 1.89 bits per heavy atom. The van der Waals surface area contributed by atoms with Gasteiger partial charge in [-0.2, -0.15) is 23.3 Å². The average molecular weight is 495 g/mol. The lowest BCUT2D eigenvalue weighted by atomic mass is 10.0. The Balaban J connectivity index is 1.49. The molecule has 2 heterocycles. The van der Waals surface area contributed by atoms with E-state index in [1.165, 1.54) is 30.6 Å². The lowest BCUT2D eigenvalue weighted by Crippen LogP contribution is -2.15. The molecule has 0 aliphatic heterocycles. The van der Waals surface area contributed by atoms with E-state index in [9.17, 15) is 31.1 Å². The zero-order valence-corrected chi connectivity index (χ0v) is 17.8. The standard InChI is InChI=1S/C22H15F6N5O2/c1-21(24,25)14-6-5-13(17(8-14)22(26,27)28)10-33-11-16(9-29-33)30-19(34)20-31-18(32-35-20)12-3-2-4-15(23)7-12/h2-9,11H,10H2,1H3,(H,30,34). The molecule has 0 aliphatic carbocycles. The molecule has 0 unspecified atom stereocenters. The molecule has 0 radical (unpaired) electrons. The average Bonchev–Trinajstić information content (AvgIpc) is 3.42. The molecule has 35 heavy (non-hydrogen) atoms. The van der Waals surface area contributed by atoms with Crippen LogP contribution in [0.15, 0.2) is 59.4 Å². The molecule has 182 valence electrons. The van der Waals surface area contributed by atoms with Crippen LogP contribution in [0.2, 0.25) is 0 Å². The summed E-state index contributed by atoms with van der Waals surface area (Å²) in [5.74, 6) is -5.26. The van der Waals surface area contributed by atoms with Crippen molar-refractivity contribution in [1.29, 1.82) is 0 Å². The fraction of sp³-hybridized carbons (Fsp3) is 0.182. The van der Waals surface area contributed by atoms with Crippen LogP contribution in [-0.2, 0) is 18.6 Å². The quantitative estimate of drug-likeness (QED) is 0.357. The minimum absolute atomic E-state index is 0.0221. The molecule has 4 aromatic rings. The van der Waals surface area contributed by atoms with Gasteiger partial charge in [-0.1, -0.05) is 29.4 Å². The molecule has 1 amide bonds. The number of carbonyl (C=O) groups is 1. The summed E-state index contributed by atoms with van der Waals surface area (Å²) in [6.45, 7) is 0.111. The van der Waals surface area contributed by atoms with Crippen LogP contribution in [0.5, 0.6) is 0 Å². The maximum Gasteiger partial charge on any atom is 0.416 e. The van der Waals surface area contributed by atoms with Crippen molar-refractivity contribution in [2.75, 3.05) is 5.32 Å². The zero-order chi connectivity index (χ0) is 25.4. The molecule has 0 saturated carbocycles. The topological polar surface area (TPSA) is 85.8 Å². The van der Waals surface area contributed by atoms with E-state index >= 15 is 0 Å². The molecule has 2 aromatic heterocycles. The number of nitrogens with zero attached hydrogens (tertiary/aromatic N) is 4. The first-order valence-corrected chi connectivity index (χ1v) is 9.92. The highest BCUT2D eigenvalue weighted by Crippen LogP contribution is 2.36. The van der Waals surface area contributed by atoms with Crippen LogP contribution in [0.1, 0.15) is 34.3 Å². The molecule has 2 aromatic carbocycles. The second-order valence-electron chi connectivity index (χ2n) is 7.57. The van der Waals surface area contributed by atoms with Gasteiger partial charge in [0.25, 0.3) is 5.92 Å². The van der Waals surface area contributed by atoms with Crippen molar-refractivity contribution in [2.24, 2.45) is 0 Å². The van der Waals surface area contributed by atoms with Gasteiger partial charge < -0.3 is 9.84 Å². The van der Waals surface area contributed by atoms with Gasteiger partial charge in [-0.15, -0.1) is 0 Å². The van der Waals surface area contributed by atoms with E-state index in [1.54, 1.807) is 0 Å². The van der Waals surface area contributed by atoms with Gasteiger partial charge in [0.1, 0.15) is 5.82 Å². The predicted molar refractivity (Wildman–Crippen MR) is 110 cm³/mol. The van der Waals surface area contributed by atoms with Crippen molar-refractivity contribution in [3.63, 3.8) is 0 Å². The lowest BCUT2D eigenvalue weighted by Gasteiger charge is -2.17. The smallest absolute Gasteiger partial charge is 0.328 e. The number of hydrogen-bond donors (Lipinski definition) is 1. The summed E-state index contributed by atoms with van der Waals surface area (Å²) in [5.41, 5.74) is -1.88. The van der Waals surface area contributed by atoms with E-state index in [4.69, 9.17) is 4.52 Å². The number of anilines is 1. The Kier molecular flexibility index (Phi) is 6.09. The SMILES string of the molecule is CC(F)(F)c1ccc(Cn2cc(NC(=O)c3nc(-c4cccc(F)c4)no3)cn2)c(C(F)(F)F)c1. The summed E-state index contributed by atoms with van der Waals surface area (Å²) in [6, 6.07) is 7.61. The van der Waals surface area contributed by atoms with E-state index in [0.717, 1.165) is 22.9 Å². The predicted octanol–water partition coefficient (Wildman–Crippen LogP) is 5.50. The van der Waals surface area contributed by atoms with Gasteiger partial charge in [0.15, 0.2) is 0 Å². The summed E-state index contributed by atoms with van der Waals surface area (Å²) in [6.07, 6.45) is -2.45. The van der Waals surface area contributed by atoms with Gasteiger partial charge in [-0.25, -0.2) is 13.2 Å². The molecule has 0 spiro atoms. The lowest BCUT2D eigenvalue weighted by molar-refractivity contribution is -0.138. The van der Waals surface area contributed by atoms with Crippen molar-refractivity contribution < 1.29 is 35.7 Å². The van der Waals surface area contributed by atoms with Crippen LogP contribution in [0.25, 0.3) is 11.4 Å². The number of amides is 1. The van der Waals surface area contributed by atoms with Gasteiger partial charge in [0, 0.05) is 24.2 Å². The molecular weight excluding hydrogens is 480 g/mol. The molecule has 1 N–H and O–H groups in total. The van der Waals surface area contributed by atoms with E-state index in [-0.39, 0.29) is 22.6 Å². The van der Waals surface area contributed by atoms with Crippen molar-refractivity contribution in [1.82, 2.24) is 19.9 Å². The number of carbonyl (C=O) groups excluding carboxylic acids is 1. The molecule has 0 fully saturated rings. The minimum atomic E-state index is -4.86. The third-order valence-corrected chi connectivity index (χ3v) is 4.85. The van der Waals surface area contributed by atoms with Crippen molar-refractivity contribution >= 4 is 11.6 Å². The van der Waals surface area contributed by atoms with Crippen LogP contribution in [-0.4, -0.2) is 25.8 Å². The Morgan fingerprint density at radius 3 is 2.57 bits per heavy atom. The molecular formula is C22H15F6N5O2. The van der Waals surface area contributed by atoms with Gasteiger partial charge in [0.2, 0.25) is 5.82 Å². The summed E-state index contributed by atoms with van der Waals surface area (Å²) in [7, 11) is 0. The first-order chi connectivity index (χ1) is 16.4. The highest BCUT2D eigenvalue weighted by Gasteiger charge is 2.36. The monoisotopic (exact) mass is 495 g/mol. The number of aromatic nitrogens is 4. The van der Waals surface area contributed by atoms with Crippen molar-refractivity contribution in [3.8, 4) is 11.4 Å². The first kappa shape index (κ1) is 24.0. The molecule has 0 saturated heterocycles. The van der Waals surface area contributed by atoms with Crippen LogP contribution in [0, 0.1) is 5.82 Å². The van der Waals surface area contributed by atoms with Gasteiger partial charge >= 0.3 is 18.0 Å². The zero-order valence-electron chi connectivity index (χ0n) is 17.8. The third kappa shape index (κ3) is 5.50. The molecule has 7 nitrogen and oxygen atoms in total. The van der Waals surface area contributed by atoms with Crippen LogP contribution in [0.4, 0.5) is 32.0 Å². The van der Waals surface area contributed by atoms with Crippen LogP contribution < -0.4 is 5.32 Å². The van der Waals surface area contributed by atoms with E-state index < -0.39 is 47.4 Å². The Morgan fingerprint density at radius 1 is 1.11 bits per heavy atom. The molecule has 4 rings (SSSR count). The van der Waals surface area contributed by atoms with Crippen LogP contribution in [0.3, 0.4) is 0 Å². The maximum absolute atomic E-state index is 13.5. The van der Waals surface area contributed by atoms with Crippen molar-refractivity contribution in [2.45, 2.75) is 25.6 Å². The van der Waals surface area contributed by atoms with E-state index in [0.29, 0.717) is 13.0 Å². The van der Waals surface area contributed by atoms with Gasteiger partial charge in [-0.3, -0.25) is 9.48 Å². The van der Waals surface area contributed by atoms with E-state index in [1.807, 2.05) is 0 Å². The van der Waals surface area contributed by atoms with E-state index in [2.05, 4.69) is 20.6 Å². The van der Waals surface area contributed by atoms with Crippen LogP contribution >= 0.6 is 0 Å². The number of hydrogen-bond acceptors (Lipinski definition) is 5. The van der Waals surface area contributed by atoms with Gasteiger partial charge in [0.05, 0.1) is 24.0 Å². The van der Waals surface area contributed by atoms with Gasteiger partial charge in [-0.05, 0) is 23.8 Å². The number of rotatable bonds is 6. The highest BCUT2D eigenvalue weighted by molar-refractivity contribution is 6.00. The number of nitrogens with one attached hydrogen (secondary N) is 1. The second kappa shape index (κ2) is 8.89. The normalized spacial score (nSPS) is 12.1. The Bertz CT molecular complexity index is 1370. The molecule has 0 bridgehead atoms. The number of benzene rings is 2. The molecule has 0 aliphatic rings.